The zero-order valence-corrected chi connectivity index (χ0v) is 32.5. The number of hydrogen-bond acceptors (Lipinski definition) is 11. The van der Waals surface area contributed by atoms with Gasteiger partial charge in [0.05, 0.1) is 11.7 Å². The standard InChI is InChI=1S/C40H22N2O2S7/c1-19-3-6-22-33(17-19)49-39(43)35(22)36-23-7-5-21(18-34(23)50-40(36)44)26-11-14-31(46-26)32-16-13-28(48-32)25-9-8-24(37-38(25)42-51-41-37)27-12-15-30(47-27)29-10-4-20(2)45-29/h3-18H,1-2H3/b36-35+. The van der Waals surface area contributed by atoms with Crippen molar-refractivity contribution in [2.24, 2.45) is 0 Å². The van der Waals surface area contributed by atoms with Crippen LogP contribution in [-0.2, 0) is 9.59 Å². The van der Waals surface area contributed by atoms with Crippen molar-refractivity contribution in [1.29, 1.82) is 0 Å². The Morgan fingerprint density at radius 1 is 0.451 bits per heavy atom. The lowest BCUT2D eigenvalue weighted by atomic mass is 9.95. The molecule has 8 aromatic rings. The molecule has 0 spiro atoms. The van der Waals surface area contributed by atoms with Crippen LogP contribution in [0.2, 0.25) is 0 Å². The molecule has 0 saturated heterocycles. The van der Waals surface area contributed by atoms with E-state index < -0.39 is 0 Å². The molecule has 246 valence electrons. The topological polar surface area (TPSA) is 59.9 Å². The van der Waals surface area contributed by atoms with Gasteiger partial charge in [0.25, 0.3) is 0 Å². The van der Waals surface area contributed by atoms with Crippen molar-refractivity contribution in [3.8, 4) is 50.8 Å². The van der Waals surface area contributed by atoms with Gasteiger partial charge in [0, 0.05) is 82.2 Å². The number of thiophene rings is 4. The molecule has 5 aromatic heterocycles. The summed E-state index contributed by atoms with van der Waals surface area (Å²) < 4.78 is 9.50. The Hall–Kier alpha value is -3.94. The predicted molar refractivity (Wildman–Crippen MR) is 221 cm³/mol. The van der Waals surface area contributed by atoms with Crippen molar-refractivity contribution in [2.75, 3.05) is 0 Å². The molecule has 0 fully saturated rings. The van der Waals surface area contributed by atoms with Gasteiger partial charge in [-0.15, -0.1) is 45.3 Å². The highest BCUT2D eigenvalue weighted by Crippen LogP contribution is 2.51. The van der Waals surface area contributed by atoms with E-state index in [9.17, 15) is 9.59 Å². The first-order valence-electron chi connectivity index (χ1n) is 15.9. The summed E-state index contributed by atoms with van der Waals surface area (Å²) in [4.78, 5) is 38.1. The Kier molecular flexibility index (Phi) is 7.69. The third kappa shape index (κ3) is 5.37. The maximum absolute atomic E-state index is 13.3. The van der Waals surface area contributed by atoms with Crippen LogP contribution >= 0.6 is 80.6 Å². The maximum Gasteiger partial charge on any atom is 0.225 e. The van der Waals surface area contributed by atoms with Gasteiger partial charge < -0.3 is 0 Å². The molecule has 2 aliphatic heterocycles. The van der Waals surface area contributed by atoms with Crippen molar-refractivity contribution in [3.63, 3.8) is 0 Å². The molecule has 0 unspecified atom stereocenters. The molecule has 7 heterocycles. The number of benzene rings is 3. The van der Waals surface area contributed by atoms with Gasteiger partial charge >= 0.3 is 0 Å². The van der Waals surface area contributed by atoms with Crippen molar-refractivity contribution >= 4 is 113 Å². The summed E-state index contributed by atoms with van der Waals surface area (Å²) >= 11 is 10.8. The van der Waals surface area contributed by atoms with E-state index in [1.807, 2.05) is 42.5 Å². The van der Waals surface area contributed by atoms with Crippen LogP contribution < -0.4 is 0 Å². The average molecular weight is 787 g/mol. The SMILES string of the molecule is Cc1ccc2c(c1)SC(=O)/C2=C1/C(=O)Sc2cc(-c3ccc(-c4ccc(-c5ccc(-c6ccc(-c7ccc(C)s7)s6)c6nsnc56)s4)s3)ccc21. The quantitative estimate of drug-likeness (QED) is 0.162. The van der Waals surface area contributed by atoms with Gasteiger partial charge in [-0.25, -0.2) is 0 Å². The number of aryl methyl sites for hydroxylation is 2. The number of aromatic nitrogens is 2. The third-order valence-electron chi connectivity index (χ3n) is 9.00. The van der Waals surface area contributed by atoms with E-state index in [0.29, 0.717) is 11.1 Å². The largest absolute Gasteiger partial charge is 0.281 e. The van der Waals surface area contributed by atoms with Crippen LogP contribution in [0.3, 0.4) is 0 Å². The Morgan fingerprint density at radius 2 is 0.922 bits per heavy atom. The van der Waals surface area contributed by atoms with Gasteiger partial charge in [0.15, 0.2) is 0 Å². The molecule has 4 nitrogen and oxygen atoms in total. The fourth-order valence-electron chi connectivity index (χ4n) is 6.57. The lowest BCUT2D eigenvalue weighted by Crippen LogP contribution is -1.99. The molecule has 10 rings (SSSR count). The summed E-state index contributed by atoms with van der Waals surface area (Å²) in [5.41, 5.74) is 9.05. The van der Waals surface area contributed by atoms with E-state index in [2.05, 4.69) is 79.7 Å². The predicted octanol–water partition coefficient (Wildman–Crippen LogP) is 13.1. The first kappa shape index (κ1) is 31.8. The summed E-state index contributed by atoms with van der Waals surface area (Å²) in [6.45, 7) is 4.16. The first-order chi connectivity index (χ1) is 24.9. The van der Waals surface area contributed by atoms with Gasteiger partial charge in [-0.05, 0) is 109 Å². The molecule has 3 aromatic carbocycles. The number of rotatable bonds is 5. The minimum absolute atomic E-state index is 0.0570. The Labute approximate surface area is 321 Å². The highest BCUT2D eigenvalue weighted by Gasteiger charge is 2.36. The maximum atomic E-state index is 13.3. The van der Waals surface area contributed by atoms with E-state index in [-0.39, 0.29) is 10.2 Å². The normalized spacial score (nSPS) is 15.3. The van der Waals surface area contributed by atoms with E-state index in [1.54, 1.807) is 34.0 Å². The molecule has 51 heavy (non-hydrogen) atoms. The minimum Gasteiger partial charge on any atom is -0.281 e. The van der Waals surface area contributed by atoms with Crippen LogP contribution in [0.5, 0.6) is 0 Å². The molecule has 0 saturated carbocycles. The Morgan fingerprint density at radius 3 is 1.51 bits per heavy atom. The highest BCUT2D eigenvalue weighted by atomic mass is 32.2. The number of carbonyl (C=O) groups excluding carboxylic acids is 2. The molecular weight excluding hydrogens is 765 g/mol. The Bertz CT molecular complexity index is 2790. The fourth-order valence-corrected chi connectivity index (χ4v) is 13.3. The second-order valence-electron chi connectivity index (χ2n) is 12.3. The number of nitrogens with zero attached hydrogens (tertiary/aromatic N) is 2. The van der Waals surface area contributed by atoms with E-state index in [1.165, 1.54) is 64.5 Å². The number of carbonyl (C=O) groups is 2. The molecule has 0 atom stereocenters. The first-order valence-corrected chi connectivity index (χ1v) is 21.6. The molecule has 0 amide bonds. The number of fused-ring (bicyclic) bond motifs is 3. The lowest BCUT2D eigenvalue weighted by Gasteiger charge is -2.06. The van der Waals surface area contributed by atoms with Crippen molar-refractivity contribution in [3.05, 3.63) is 119 Å². The minimum atomic E-state index is -0.0662. The molecule has 2 aliphatic rings. The van der Waals surface area contributed by atoms with Crippen LogP contribution in [0, 0.1) is 13.8 Å². The van der Waals surface area contributed by atoms with E-state index in [0.717, 1.165) is 64.0 Å². The smallest absolute Gasteiger partial charge is 0.225 e. The molecule has 0 aliphatic carbocycles. The van der Waals surface area contributed by atoms with Crippen molar-refractivity contribution in [1.82, 2.24) is 8.75 Å². The molecule has 0 N–H and O–H groups in total. The summed E-state index contributed by atoms with van der Waals surface area (Å²) in [5.74, 6) is 0. The van der Waals surface area contributed by atoms with Gasteiger partial charge in [-0.2, -0.15) is 8.75 Å². The zero-order chi connectivity index (χ0) is 34.4. The number of thioether (sulfide) groups is 2. The second kappa shape index (κ2) is 12.3. The Balaban J connectivity index is 0.938. The van der Waals surface area contributed by atoms with Crippen molar-refractivity contribution < 1.29 is 9.59 Å². The van der Waals surface area contributed by atoms with Crippen LogP contribution in [0.25, 0.3) is 73.0 Å². The molecular formula is C40H22N2O2S7. The van der Waals surface area contributed by atoms with Crippen LogP contribution in [-0.4, -0.2) is 19.0 Å². The van der Waals surface area contributed by atoms with E-state index >= 15 is 0 Å². The monoisotopic (exact) mass is 786 g/mol. The van der Waals surface area contributed by atoms with Crippen LogP contribution in [0.4, 0.5) is 0 Å². The second-order valence-corrected chi connectivity index (χ2v) is 19.4. The molecule has 0 radical (unpaired) electrons. The zero-order valence-electron chi connectivity index (χ0n) is 26.8. The molecule has 0 bridgehead atoms. The van der Waals surface area contributed by atoms with Gasteiger partial charge in [0.2, 0.25) is 10.2 Å². The third-order valence-corrected chi connectivity index (χ3v) is 16.2. The summed E-state index contributed by atoms with van der Waals surface area (Å²) in [7, 11) is 0. The highest BCUT2D eigenvalue weighted by molar-refractivity contribution is 8.16. The number of hydrogen-bond donors (Lipinski definition) is 0. The van der Waals surface area contributed by atoms with Gasteiger partial charge in [-0.3, -0.25) is 9.59 Å². The van der Waals surface area contributed by atoms with Gasteiger partial charge in [-0.1, -0.05) is 36.4 Å². The van der Waals surface area contributed by atoms with Crippen molar-refractivity contribution in [2.45, 2.75) is 23.6 Å². The fraction of sp³-hybridized carbons (Fsp3) is 0.0500. The average Bonchev–Trinajstić information content (AvgIpc) is 3.96. The van der Waals surface area contributed by atoms with Gasteiger partial charge in [0.1, 0.15) is 11.0 Å². The summed E-state index contributed by atoms with van der Waals surface area (Å²) in [6.07, 6.45) is 0. The summed E-state index contributed by atoms with van der Waals surface area (Å²) in [6, 6.07) is 34.0. The van der Waals surface area contributed by atoms with E-state index in [4.69, 9.17) is 8.75 Å². The summed E-state index contributed by atoms with van der Waals surface area (Å²) in [5, 5.41) is -0.123. The molecule has 11 heteroatoms. The van der Waals surface area contributed by atoms with Crippen LogP contribution in [0.15, 0.2) is 107 Å². The van der Waals surface area contributed by atoms with Crippen LogP contribution in [0.1, 0.15) is 21.6 Å². The lowest BCUT2D eigenvalue weighted by molar-refractivity contribution is -0.107.